The summed E-state index contributed by atoms with van der Waals surface area (Å²) in [6.45, 7) is 2.02. The number of aliphatic carboxylic acids is 1. The van der Waals surface area contributed by atoms with Gasteiger partial charge in [0.05, 0.1) is 5.02 Å². The van der Waals surface area contributed by atoms with Gasteiger partial charge in [0.25, 0.3) is 5.91 Å². The van der Waals surface area contributed by atoms with Gasteiger partial charge in [-0.25, -0.2) is 4.79 Å². The number of carbonyl (C=O) groups is 2. The average molecular weight is 330 g/mol. The Morgan fingerprint density at radius 3 is 2.86 bits per heavy atom. The van der Waals surface area contributed by atoms with Crippen LogP contribution in [0.5, 0.6) is 5.75 Å². The SMILES string of the molecule is CC(Oc1ccccc1Cl)C(=O)N1CCSCC1C(=O)O. The fourth-order valence-corrected chi connectivity index (χ4v) is 3.31. The summed E-state index contributed by atoms with van der Waals surface area (Å²) in [5.41, 5.74) is 0. The quantitative estimate of drug-likeness (QED) is 0.916. The number of nitrogens with zero attached hydrogens (tertiary/aromatic N) is 1. The van der Waals surface area contributed by atoms with Gasteiger partial charge in [0.1, 0.15) is 11.8 Å². The van der Waals surface area contributed by atoms with E-state index in [0.29, 0.717) is 23.1 Å². The summed E-state index contributed by atoms with van der Waals surface area (Å²) in [6, 6.07) is 6.08. The Morgan fingerprint density at radius 1 is 1.48 bits per heavy atom. The van der Waals surface area contributed by atoms with E-state index in [1.165, 1.54) is 16.7 Å². The highest BCUT2D eigenvalue weighted by Crippen LogP contribution is 2.25. The molecular weight excluding hydrogens is 314 g/mol. The molecule has 2 rings (SSSR count). The molecule has 1 fully saturated rings. The van der Waals surface area contributed by atoms with Gasteiger partial charge in [-0.15, -0.1) is 0 Å². The van der Waals surface area contributed by atoms with Crippen molar-refractivity contribution in [1.82, 2.24) is 4.90 Å². The summed E-state index contributed by atoms with van der Waals surface area (Å²) in [5, 5.41) is 9.62. The molecule has 0 spiro atoms. The second kappa shape index (κ2) is 7.04. The summed E-state index contributed by atoms with van der Waals surface area (Å²) < 4.78 is 5.57. The maximum atomic E-state index is 12.4. The largest absolute Gasteiger partial charge is 0.480 e. The second-order valence-electron chi connectivity index (χ2n) is 4.65. The van der Waals surface area contributed by atoms with Crippen LogP contribution in [0.4, 0.5) is 0 Å². The van der Waals surface area contributed by atoms with Crippen molar-refractivity contribution >= 4 is 35.2 Å². The Morgan fingerprint density at radius 2 is 2.19 bits per heavy atom. The van der Waals surface area contributed by atoms with E-state index in [-0.39, 0.29) is 5.91 Å². The number of benzene rings is 1. The molecule has 0 radical (unpaired) electrons. The molecule has 0 bridgehead atoms. The lowest BCUT2D eigenvalue weighted by Crippen LogP contribution is -2.53. The topological polar surface area (TPSA) is 66.8 Å². The standard InChI is InChI=1S/C14H16ClNO4S/c1-9(20-12-5-3-2-4-10(12)15)13(17)16-6-7-21-8-11(16)14(18)19/h2-5,9,11H,6-8H2,1H3,(H,18,19). The van der Waals surface area contributed by atoms with Gasteiger partial charge in [0.2, 0.25) is 0 Å². The lowest BCUT2D eigenvalue weighted by molar-refractivity contribution is -0.152. The van der Waals surface area contributed by atoms with Gasteiger partial charge in [-0.2, -0.15) is 11.8 Å². The number of hydrogen-bond acceptors (Lipinski definition) is 4. The normalized spacial score (nSPS) is 19.9. The predicted molar refractivity (Wildman–Crippen MR) is 82.0 cm³/mol. The fourth-order valence-electron chi connectivity index (χ4n) is 2.09. The first-order valence-electron chi connectivity index (χ1n) is 6.53. The third-order valence-corrected chi connectivity index (χ3v) is 4.52. The lowest BCUT2D eigenvalue weighted by atomic mass is 10.2. The number of carbonyl (C=O) groups excluding carboxylic acids is 1. The number of hydrogen-bond donors (Lipinski definition) is 1. The van der Waals surface area contributed by atoms with E-state index in [1.54, 1.807) is 31.2 Å². The number of carboxylic acid groups (broad SMARTS) is 1. The van der Waals surface area contributed by atoms with Crippen LogP contribution >= 0.6 is 23.4 Å². The lowest BCUT2D eigenvalue weighted by Gasteiger charge is -2.34. The minimum absolute atomic E-state index is 0.331. The minimum Gasteiger partial charge on any atom is -0.480 e. The molecule has 1 aliphatic rings. The molecule has 1 saturated heterocycles. The first-order valence-corrected chi connectivity index (χ1v) is 8.06. The highest BCUT2D eigenvalue weighted by molar-refractivity contribution is 7.99. The van der Waals surface area contributed by atoms with Crippen molar-refractivity contribution in [2.45, 2.75) is 19.1 Å². The van der Waals surface area contributed by atoms with Gasteiger partial charge >= 0.3 is 5.97 Å². The average Bonchev–Trinajstić information content (AvgIpc) is 2.48. The summed E-state index contributed by atoms with van der Waals surface area (Å²) in [4.78, 5) is 25.0. The summed E-state index contributed by atoms with van der Waals surface area (Å²) in [7, 11) is 0. The van der Waals surface area contributed by atoms with Crippen molar-refractivity contribution in [3.63, 3.8) is 0 Å². The van der Waals surface area contributed by atoms with Crippen LogP contribution in [0.2, 0.25) is 5.02 Å². The molecule has 5 nitrogen and oxygen atoms in total. The highest BCUT2D eigenvalue weighted by Gasteiger charge is 2.35. The molecule has 21 heavy (non-hydrogen) atoms. The third kappa shape index (κ3) is 3.83. The summed E-state index contributed by atoms with van der Waals surface area (Å²) >= 11 is 7.52. The molecule has 114 valence electrons. The minimum atomic E-state index is -0.986. The number of carboxylic acids is 1. The van der Waals surface area contributed by atoms with Crippen molar-refractivity contribution in [2.24, 2.45) is 0 Å². The zero-order valence-corrected chi connectivity index (χ0v) is 13.1. The molecule has 2 unspecified atom stereocenters. The Bertz CT molecular complexity index is 539. The molecule has 1 amide bonds. The van der Waals surface area contributed by atoms with E-state index in [9.17, 15) is 14.7 Å². The van der Waals surface area contributed by atoms with Crippen molar-refractivity contribution in [1.29, 1.82) is 0 Å². The number of amides is 1. The fraction of sp³-hybridized carbons (Fsp3) is 0.429. The highest BCUT2D eigenvalue weighted by atomic mass is 35.5. The zero-order chi connectivity index (χ0) is 15.4. The van der Waals surface area contributed by atoms with Crippen molar-refractivity contribution in [3.05, 3.63) is 29.3 Å². The zero-order valence-electron chi connectivity index (χ0n) is 11.5. The van der Waals surface area contributed by atoms with E-state index >= 15 is 0 Å². The maximum absolute atomic E-state index is 12.4. The molecule has 1 heterocycles. The molecule has 1 N–H and O–H groups in total. The van der Waals surface area contributed by atoms with Crippen molar-refractivity contribution < 1.29 is 19.4 Å². The molecule has 1 aromatic carbocycles. The number of halogens is 1. The van der Waals surface area contributed by atoms with Crippen molar-refractivity contribution in [2.75, 3.05) is 18.1 Å². The Hall–Kier alpha value is -1.40. The van der Waals surface area contributed by atoms with Crippen LogP contribution < -0.4 is 4.74 Å². The maximum Gasteiger partial charge on any atom is 0.327 e. The molecule has 7 heteroatoms. The van der Waals surface area contributed by atoms with Gasteiger partial charge in [-0.05, 0) is 19.1 Å². The van der Waals surface area contributed by atoms with Crippen LogP contribution in [0.3, 0.4) is 0 Å². The van der Waals surface area contributed by atoms with Gasteiger partial charge in [-0.1, -0.05) is 23.7 Å². The molecule has 0 aliphatic carbocycles. The third-order valence-electron chi connectivity index (χ3n) is 3.18. The predicted octanol–water partition coefficient (Wildman–Crippen LogP) is 2.14. The molecule has 2 atom stereocenters. The molecule has 1 aliphatic heterocycles. The van der Waals surface area contributed by atoms with Gasteiger partial charge < -0.3 is 14.7 Å². The van der Waals surface area contributed by atoms with Crippen LogP contribution in [0.15, 0.2) is 24.3 Å². The number of thioether (sulfide) groups is 1. The van der Waals surface area contributed by atoms with E-state index in [0.717, 1.165) is 5.75 Å². The molecular formula is C14H16ClNO4S. The van der Waals surface area contributed by atoms with Crippen LogP contribution in [0.1, 0.15) is 6.92 Å². The summed E-state index contributed by atoms with van der Waals surface area (Å²) in [6.07, 6.45) is -0.783. The Kier molecular flexibility index (Phi) is 5.36. The molecule has 0 saturated carbocycles. The number of ether oxygens (including phenoxy) is 1. The van der Waals surface area contributed by atoms with Crippen LogP contribution in [0.25, 0.3) is 0 Å². The summed E-state index contributed by atoms with van der Waals surface area (Å²) in [5.74, 6) is 0.232. The van der Waals surface area contributed by atoms with E-state index in [2.05, 4.69) is 0 Å². The Labute approximate surface area is 132 Å². The Balaban J connectivity index is 2.07. The first kappa shape index (κ1) is 16.0. The first-order chi connectivity index (χ1) is 10.0. The van der Waals surface area contributed by atoms with Gasteiger partial charge in [0, 0.05) is 18.1 Å². The smallest absolute Gasteiger partial charge is 0.327 e. The van der Waals surface area contributed by atoms with Crippen LogP contribution in [0, 0.1) is 0 Å². The van der Waals surface area contributed by atoms with E-state index in [1.807, 2.05) is 0 Å². The van der Waals surface area contributed by atoms with Crippen LogP contribution in [-0.2, 0) is 9.59 Å². The number of para-hydroxylation sites is 1. The molecule has 1 aromatic rings. The van der Waals surface area contributed by atoms with E-state index < -0.39 is 18.1 Å². The van der Waals surface area contributed by atoms with Crippen molar-refractivity contribution in [3.8, 4) is 5.75 Å². The van der Waals surface area contributed by atoms with Crippen LogP contribution in [-0.4, -0.2) is 52.1 Å². The van der Waals surface area contributed by atoms with E-state index in [4.69, 9.17) is 16.3 Å². The number of rotatable bonds is 4. The monoisotopic (exact) mass is 329 g/mol. The van der Waals surface area contributed by atoms with Gasteiger partial charge in [-0.3, -0.25) is 4.79 Å². The van der Waals surface area contributed by atoms with Gasteiger partial charge in [0.15, 0.2) is 6.10 Å². The second-order valence-corrected chi connectivity index (χ2v) is 6.21. The molecule has 0 aromatic heterocycles.